The summed E-state index contributed by atoms with van der Waals surface area (Å²) in [5, 5.41) is 6.08. The van der Waals surface area contributed by atoms with Crippen LogP contribution in [0.3, 0.4) is 0 Å². The lowest BCUT2D eigenvalue weighted by atomic mass is 9.85. The van der Waals surface area contributed by atoms with E-state index in [-0.39, 0.29) is 30.4 Å². The number of hydrogen-bond donors (Lipinski definition) is 2. The number of ether oxygens (including phenoxy) is 1. The smallest absolute Gasteiger partial charge is 0.240 e. The number of hydrogen-bond acceptors (Lipinski definition) is 4. The van der Waals surface area contributed by atoms with Gasteiger partial charge in [0, 0.05) is 32.8 Å². The van der Waals surface area contributed by atoms with Crippen LogP contribution in [0, 0.1) is 5.92 Å². The molecule has 6 nitrogen and oxygen atoms in total. The lowest BCUT2D eigenvalue weighted by Crippen LogP contribution is -2.57. The molecule has 0 aromatic rings. The molecule has 0 radical (unpaired) electrons. The van der Waals surface area contributed by atoms with Crippen LogP contribution in [0.25, 0.3) is 0 Å². The second-order valence-electron chi connectivity index (χ2n) is 6.73. The molecule has 3 rings (SSSR count). The highest BCUT2D eigenvalue weighted by atomic mass is 16.5. The highest BCUT2D eigenvalue weighted by Gasteiger charge is 2.32. The summed E-state index contributed by atoms with van der Waals surface area (Å²) in [7, 11) is 0. The van der Waals surface area contributed by atoms with Crippen LogP contribution in [0.4, 0.5) is 0 Å². The van der Waals surface area contributed by atoms with E-state index in [4.69, 9.17) is 4.74 Å². The summed E-state index contributed by atoms with van der Waals surface area (Å²) in [6, 6.07) is -0.363. The average Bonchev–Trinajstić information content (AvgIpc) is 2.97. The fourth-order valence-electron chi connectivity index (χ4n) is 3.41. The number of carbonyl (C=O) groups excluding carboxylic acids is 2. The highest BCUT2D eigenvalue weighted by molar-refractivity contribution is 5.88. The first-order valence-corrected chi connectivity index (χ1v) is 8.63. The molecule has 1 saturated carbocycles. The molecule has 1 aliphatic carbocycles. The minimum atomic E-state index is -0.363. The minimum absolute atomic E-state index is 0.0631. The fourth-order valence-corrected chi connectivity index (χ4v) is 3.41. The Kier molecular flexibility index (Phi) is 5.31. The van der Waals surface area contributed by atoms with E-state index in [9.17, 15) is 9.59 Å². The van der Waals surface area contributed by atoms with Gasteiger partial charge in [0.15, 0.2) is 0 Å². The van der Waals surface area contributed by atoms with Gasteiger partial charge in [0.05, 0.1) is 18.6 Å². The Balaban J connectivity index is 1.41. The molecule has 2 atom stereocenters. The summed E-state index contributed by atoms with van der Waals surface area (Å²) < 4.78 is 5.49. The molecule has 3 fully saturated rings. The van der Waals surface area contributed by atoms with Crippen molar-refractivity contribution in [2.45, 2.75) is 50.7 Å². The Labute approximate surface area is 131 Å². The van der Waals surface area contributed by atoms with Crippen LogP contribution in [-0.4, -0.2) is 61.6 Å². The Bertz CT molecular complexity index is 405. The Morgan fingerprint density at radius 2 is 2.18 bits per heavy atom. The zero-order valence-electron chi connectivity index (χ0n) is 13.2. The SMILES string of the molecule is O=C(CC1NCCN(CC2CCC2)C1=O)NCC1CCCO1. The van der Waals surface area contributed by atoms with E-state index < -0.39 is 0 Å². The van der Waals surface area contributed by atoms with E-state index in [1.807, 2.05) is 4.90 Å². The number of nitrogens with zero attached hydrogens (tertiary/aromatic N) is 1. The number of piperazine rings is 1. The summed E-state index contributed by atoms with van der Waals surface area (Å²) in [5.41, 5.74) is 0. The van der Waals surface area contributed by atoms with Crippen molar-refractivity contribution in [1.29, 1.82) is 0 Å². The molecule has 0 spiro atoms. The average molecular weight is 309 g/mol. The summed E-state index contributed by atoms with van der Waals surface area (Å²) >= 11 is 0. The van der Waals surface area contributed by atoms with Gasteiger partial charge in [0.1, 0.15) is 0 Å². The molecule has 2 unspecified atom stereocenters. The first kappa shape index (κ1) is 15.7. The molecule has 2 heterocycles. The van der Waals surface area contributed by atoms with Crippen LogP contribution < -0.4 is 10.6 Å². The van der Waals surface area contributed by atoms with Gasteiger partial charge in [-0.25, -0.2) is 0 Å². The molecule has 2 saturated heterocycles. The Morgan fingerprint density at radius 3 is 2.86 bits per heavy atom. The van der Waals surface area contributed by atoms with E-state index in [0.29, 0.717) is 12.5 Å². The van der Waals surface area contributed by atoms with Gasteiger partial charge in [-0.05, 0) is 31.6 Å². The second-order valence-corrected chi connectivity index (χ2v) is 6.73. The number of amides is 2. The summed E-state index contributed by atoms with van der Waals surface area (Å²) in [6.45, 7) is 3.77. The van der Waals surface area contributed by atoms with E-state index in [0.717, 1.165) is 39.1 Å². The fraction of sp³-hybridized carbons (Fsp3) is 0.875. The van der Waals surface area contributed by atoms with Gasteiger partial charge in [-0.3, -0.25) is 9.59 Å². The van der Waals surface area contributed by atoms with Crippen molar-refractivity contribution in [3.63, 3.8) is 0 Å². The maximum Gasteiger partial charge on any atom is 0.240 e. The molecule has 22 heavy (non-hydrogen) atoms. The van der Waals surface area contributed by atoms with Gasteiger partial charge in [-0.15, -0.1) is 0 Å². The normalized spacial score (nSPS) is 29.5. The number of carbonyl (C=O) groups is 2. The number of rotatable bonds is 6. The maximum absolute atomic E-state index is 12.5. The third-order valence-electron chi connectivity index (χ3n) is 5.03. The molecule has 0 aromatic heterocycles. The van der Waals surface area contributed by atoms with Crippen LogP contribution in [0.2, 0.25) is 0 Å². The van der Waals surface area contributed by atoms with Crippen molar-refractivity contribution >= 4 is 11.8 Å². The number of nitrogens with one attached hydrogen (secondary N) is 2. The molecule has 3 aliphatic rings. The van der Waals surface area contributed by atoms with Crippen LogP contribution in [-0.2, 0) is 14.3 Å². The van der Waals surface area contributed by atoms with E-state index >= 15 is 0 Å². The molecule has 2 aliphatic heterocycles. The van der Waals surface area contributed by atoms with E-state index in [1.165, 1.54) is 19.3 Å². The van der Waals surface area contributed by atoms with Crippen molar-refractivity contribution in [2.24, 2.45) is 5.92 Å². The highest BCUT2D eigenvalue weighted by Crippen LogP contribution is 2.27. The van der Waals surface area contributed by atoms with Gasteiger partial charge in [0.2, 0.25) is 11.8 Å². The van der Waals surface area contributed by atoms with E-state index in [2.05, 4.69) is 10.6 Å². The largest absolute Gasteiger partial charge is 0.376 e. The molecule has 6 heteroatoms. The Morgan fingerprint density at radius 1 is 1.32 bits per heavy atom. The predicted octanol–water partition coefficient (Wildman–Crippen LogP) is 0.272. The zero-order valence-corrected chi connectivity index (χ0v) is 13.2. The van der Waals surface area contributed by atoms with Crippen molar-refractivity contribution in [3.05, 3.63) is 0 Å². The maximum atomic E-state index is 12.5. The van der Waals surface area contributed by atoms with Gasteiger partial charge in [0.25, 0.3) is 0 Å². The van der Waals surface area contributed by atoms with Crippen LogP contribution in [0.15, 0.2) is 0 Å². The van der Waals surface area contributed by atoms with E-state index in [1.54, 1.807) is 0 Å². The van der Waals surface area contributed by atoms with Crippen LogP contribution in [0.5, 0.6) is 0 Å². The van der Waals surface area contributed by atoms with Crippen molar-refractivity contribution in [1.82, 2.24) is 15.5 Å². The summed E-state index contributed by atoms with van der Waals surface area (Å²) in [4.78, 5) is 26.4. The second kappa shape index (κ2) is 7.42. The molecule has 0 bridgehead atoms. The van der Waals surface area contributed by atoms with Gasteiger partial charge in [-0.2, -0.15) is 0 Å². The summed E-state index contributed by atoms with van der Waals surface area (Å²) in [5.74, 6) is 0.702. The first-order valence-electron chi connectivity index (χ1n) is 8.63. The Hall–Kier alpha value is -1.14. The third kappa shape index (κ3) is 3.98. The van der Waals surface area contributed by atoms with Gasteiger partial charge < -0.3 is 20.3 Å². The lowest BCUT2D eigenvalue weighted by molar-refractivity contribution is -0.139. The van der Waals surface area contributed by atoms with Crippen molar-refractivity contribution in [2.75, 3.05) is 32.8 Å². The lowest BCUT2D eigenvalue weighted by Gasteiger charge is -2.37. The molecular weight excluding hydrogens is 282 g/mol. The molecular formula is C16H27N3O3. The first-order chi connectivity index (χ1) is 10.7. The van der Waals surface area contributed by atoms with Crippen LogP contribution >= 0.6 is 0 Å². The van der Waals surface area contributed by atoms with Gasteiger partial charge in [-0.1, -0.05) is 6.42 Å². The molecule has 124 valence electrons. The molecule has 0 aromatic carbocycles. The molecule has 2 N–H and O–H groups in total. The zero-order chi connectivity index (χ0) is 15.4. The molecule has 2 amide bonds. The minimum Gasteiger partial charge on any atom is -0.376 e. The van der Waals surface area contributed by atoms with Crippen LogP contribution in [0.1, 0.15) is 38.5 Å². The standard InChI is InChI=1S/C16H27N3O3/c20-15(18-10-13-5-2-8-22-13)9-14-16(21)19(7-6-17-14)11-12-3-1-4-12/h12-14,17H,1-11H2,(H,18,20). The third-order valence-corrected chi connectivity index (χ3v) is 5.03. The van der Waals surface area contributed by atoms with Gasteiger partial charge >= 0.3 is 0 Å². The summed E-state index contributed by atoms with van der Waals surface area (Å²) in [6.07, 6.45) is 6.23. The monoisotopic (exact) mass is 309 g/mol. The van der Waals surface area contributed by atoms with Crippen molar-refractivity contribution < 1.29 is 14.3 Å². The quantitative estimate of drug-likeness (QED) is 0.739. The predicted molar refractivity (Wildman–Crippen MR) is 82.3 cm³/mol. The van der Waals surface area contributed by atoms with Crippen molar-refractivity contribution in [3.8, 4) is 0 Å². The topological polar surface area (TPSA) is 70.7 Å².